The van der Waals surface area contributed by atoms with E-state index in [0.29, 0.717) is 12.0 Å². The first kappa shape index (κ1) is 16.6. The molecule has 128 valence electrons. The third-order valence-corrected chi connectivity index (χ3v) is 4.80. The Balaban J connectivity index is 1.55. The van der Waals surface area contributed by atoms with Gasteiger partial charge in [-0.15, -0.1) is 0 Å². The van der Waals surface area contributed by atoms with Gasteiger partial charge in [0, 0.05) is 32.3 Å². The van der Waals surface area contributed by atoms with Gasteiger partial charge in [0.1, 0.15) is 5.82 Å². The molecule has 0 radical (unpaired) electrons. The second-order valence-electron chi connectivity index (χ2n) is 6.42. The molecular formula is C18H25N5O. The first-order valence-electron chi connectivity index (χ1n) is 8.65. The lowest BCUT2D eigenvalue weighted by Crippen LogP contribution is -2.40. The number of hydrogen-bond donors (Lipinski definition) is 2. The molecule has 3 rings (SSSR count). The van der Waals surface area contributed by atoms with Crippen LogP contribution in [0.15, 0.2) is 35.3 Å². The maximum atomic E-state index is 11.5. The maximum absolute atomic E-state index is 11.5. The number of nitrogens with zero attached hydrogens (tertiary/aromatic N) is 3. The second kappa shape index (κ2) is 8.06. The summed E-state index contributed by atoms with van der Waals surface area (Å²) in [4.78, 5) is 15.8. The normalized spacial score (nSPS) is 21.4. The summed E-state index contributed by atoms with van der Waals surface area (Å²) < 4.78 is 1.62. The van der Waals surface area contributed by atoms with Crippen molar-refractivity contribution in [2.45, 2.75) is 38.1 Å². The van der Waals surface area contributed by atoms with Crippen LogP contribution in [0.3, 0.4) is 0 Å². The van der Waals surface area contributed by atoms with E-state index < -0.39 is 0 Å². The molecule has 6 nitrogen and oxygen atoms in total. The molecule has 0 spiro atoms. The zero-order chi connectivity index (χ0) is 16.8. The molecule has 2 N–H and O–H groups in total. The van der Waals surface area contributed by atoms with Gasteiger partial charge in [0.2, 0.25) is 0 Å². The molecular weight excluding hydrogens is 302 g/mol. The van der Waals surface area contributed by atoms with E-state index in [1.165, 1.54) is 25.7 Å². The van der Waals surface area contributed by atoms with E-state index in [4.69, 9.17) is 0 Å². The summed E-state index contributed by atoms with van der Waals surface area (Å²) in [6.07, 6.45) is 11.7. The van der Waals surface area contributed by atoms with E-state index in [9.17, 15) is 4.79 Å². The largest absolute Gasteiger partial charge is 0.343 e. The van der Waals surface area contributed by atoms with Gasteiger partial charge in [-0.1, -0.05) is 25.0 Å². The molecule has 1 saturated carbocycles. The van der Waals surface area contributed by atoms with E-state index in [-0.39, 0.29) is 5.69 Å². The van der Waals surface area contributed by atoms with Crippen LogP contribution in [-0.4, -0.2) is 32.3 Å². The van der Waals surface area contributed by atoms with Crippen LogP contribution >= 0.6 is 0 Å². The van der Waals surface area contributed by atoms with Crippen molar-refractivity contribution in [1.82, 2.24) is 25.1 Å². The van der Waals surface area contributed by atoms with Gasteiger partial charge in [-0.05, 0) is 37.0 Å². The Kier molecular flexibility index (Phi) is 5.59. The van der Waals surface area contributed by atoms with Crippen molar-refractivity contribution < 1.29 is 0 Å². The van der Waals surface area contributed by atoms with Gasteiger partial charge in [-0.25, -0.2) is 9.89 Å². The summed E-state index contributed by atoms with van der Waals surface area (Å²) >= 11 is 0. The SMILES string of the molecule is Cn1c(C[C@H]2CCCC[C@H]2NCC=Cc2ccccn2)n[nH]c1=O. The fraction of sp³-hybridized carbons (Fsp3) is 0.500. The van der Waals surface area contributed by atoms with Gasteiger partial charge in [-0.3, -0.25) is 9.55 Å². The van der Waals surface area contributed by atoms with E-state index in [0.717, 1.165) is 24.5 Å². The van der Waals surface area contributed by atoms with E-state index in [2.05, 4.69) is 26.6 Å². The molecule has 0 saturated heterocycles. The van der Waals surface area contributed by atoms with Crippen molar-refractivity contribution in [3.8, 4) is 0 Å². The molecule has 2 heterocycles. The van der Waals surface area contributed by atoms with Crippen molar-refractivity contribution in [1.29, 1.82) is 0 Å². The van der Waals surface area contributed by atoms with E-state index >= 15 is 0 Å². The third kappa shape index (κ3) is 4.20. The van der Waals surface area contributed by atoms with Gasteiger partial charge < -0.3 is 5.32 Å². The van der Waals surface area contributed by atoms with Crippen LogP contribution in [0.1, 0.15) is 37.2 Å². The highest BCUT2D eigenvalue weighted by Gasteiger charge is 2.26. The highest BCUT2D eigenvalue weighted by molar-refractivity contribution is 5.43. The predicted molar refractivity (Wildman–Crippen MR) is 94.6 cm³/mol. The van der Waals surface area contributed by atoms with Gasteiger partial charge in [0.05, 0.1) is 5.69 Å². The summed E-state index contributed by atoms with van der Waals surface area (Å²) in [5.74, 6) is 1.37. The standard InChI is InChI=1S/C18H25N5O/c1-23-17(21-22-18(23)24)13-14-7-2-3-10-16(14)20-12-6-9-15-8-4-5-11-19-15/h4-6,8-9,11,14,16,20H,2-3,7,10,12-13H2,1H3,(H,22,24)/t14-,16-/m1/s1. The molecule has 0 amide bonds. The lowest BCUT2D eigenvalue weighted by atomic mass is 9.82. The van der Waals surface area contributed by atoms with Crippen LogP contribution < -0.4 is 11.0 Å². The summed E-state index contributed by atoms with van der Waals surface area (Å²) in [6, 6.07) is 6.38. The Labute approximate surface area is 142 Å². The average molecular weight is 327 g/mol. The van der Waals surface area contributed by atoms with Gasteiger partial charge >= 0.3 is 5.69 Å². The highest BCUT2D eigenvalue weighted by Crippen LogP contribution is 2.26. The van der Waals surface area contributed by atoms with Crippen LogP contribution in [0.2, 0.25) is 0 Å². The van der Waals surface area contributed by atoms with Crippen LogP contribution in [0, 0.1) is 5.92 Å². The number of pyridine rings is 1. The van der Waals surface area contributed by atoms with Gasteiger partial charge in [0.25, 0.3) is 0 Å². The molecule has 24 heavy (non-hydrogen) atoms. The molecule has 1 fully saturated rings. The van der Waals surface area contributed by atoms with Crippen molar-refractivity contribution in [2.75, 3.05) is 6.54 Å². The number of hydrogen-bond acceptors (Lipinski definition) is 4. The first-order valence-corrected chi connectivity index (χ1v) is 8.65. The molecule has 0 unspecified atom stereocenters. The van der Waals surface area contributed by atoms with Crippen LogP contribution in [-0.2, 0) is 13.5 Å². The van der Waals surface area contributed by atoms with Crippen LogP contribution in [0.25, 0.3) is 6.08 Å². The molecule has 0 bridgehead atoms. The number of aromatic nitrogens is 4. The van der Waals surface area contributed by atoms with Gasteiger partial charge in [0.15, 0.2) is 0 Å². The van der Waals surface area contributed by atoms with Crippen molar-refractivity contribution in [3.63, 3.8) is 0 Å². The fourth-order valence-corrected chi connectivity index (χ4v) is 3.39. The number of nitrogens with one attached hydrogen (secondary N) is 2. The number of aromatic amines is 1. The van der Waals surface area contributed by atoms with E-state index in [1.54, 1.807) is 17.8 Å². The quantitative estimate of drug-likeness (QED) is 0.850. The monoisotopic (exact) mass is 327 g/mol. The Morgan fingerprint density at radius 3 is 3.00 bits per heavy atom. The van der Waals surface area contributed by atoms with Crippen molar-refractivity contribution in [3.05, 3.63) is 52.5 Å². The highest BCUT2D eigenvalue weighted by atomic mass is 16.1. The molecule has 2 atom stereocenters. The Hall–Kier alpha value is -2.21. The first-order chi connectivity index (χ1) is 11.7. The minimum Gasteiger partial charge on any atom is -0.310 e. The second-order valence-corrected chi connectivity index (χ2v) is 6.42. The Morgan fingerprint density at radius 1 is 1.38 bits per heavy atom. The van der Waals surface area contributed by atoms with Crippen LogP contribution in [0.5, 0.6) is 0 Å². The summed E-state index contributed by atoms with van der Waals surface area (Å²) in [5.41, 5.74) is 0.842. The summed E-state index contributed by atoms with van der Waals surface area (Å²) in [7, 11) is 1.78. The van der Waals surface area contributed by atoms with E-state index in [1.807, 2.05) is 24.3 Å². The molecule has 0 aromatic carbocycles. The lowest BCUT2D eigenvalue weighted by Gasteiger charge is -2.31. The third-order valence-electron chi connectivity index (χ3n) is 4.80. The minimum absolute atomic E-state index is 0.136. The average Bonchev–Trinajstić information content (AvgIpc) is 2.93. The molecule has 0 aliphatic heterocycles. The molecule has 1 aliphatic carbocycles. The number of rotatable bonds is 6. The Morgan fingerprint density at radius 2 is 2.25 bits per heavy atom. The smallest absolute Gasteiger partial charge is 0.310 e. The summed E-state index contributed by atoms with van der Waals surface area (Å²) in [5, 5.41) is 10.3. The zero-order valence-electron chi connectivity index (χ0n) is 14.1. The van der Waals surface area contributed by atoms with Crippen molar-refractivity contribution >= 4 is 6.08 Å². The lowest BCUT2D eigenvalue weighted by molar-refractivity contribution is 0.262. The van der Waals surface area contributed by atoms with Crippen molar-refractivity contribution in [2.24, 2.45) is 13.0 Å². The molecule has 2 aromatic rings. The predicted octanol–water partition coefficient (Wildman–Crippen LogP) is 1.91. The molecule has 2 aromatic heterocycles. The maximum Gasteiger partial charge on any atom is 0.343 e. The topological polar surface area (TPSA) is 75.6 Å². The van der Waals surface area contributed by atoms with Crippen LogP contribution in [0.4, 0.5) is 0 Å². The Bertz CT molecular complexity index is 719. The fourth-order valence-electron chi connectivity index (χ4n) is 3.39. The number of H-pyrrole nitrogens is 1. The zero-order valence-corrected chi connectivity index (χ0v) is 14.1. The minimum atomic E-state index is -0.136. The molecule has 6 heteroatoms. The summed E-state index contributed by atoms with van der Waals surface area (Å²) in [6.45, 7) is 0.831. The van der Waals surface area contributed by atoms with Gasteiger partial charge in [-0.2, -0.15) is 5.10 Å². The molecule has 1 aliphatic rings.